The summed E-state index contributed by atoms with van der Waals surface area (Å²) in [5, 5.41) is 11.4. The summed E-state index contributed by atoms with van der Waals surface area (Å²) in [4.78, 5) is 7.41. The van der Waals surface area contributed by atoms with E-state index in [-0.39, 0.29) is 18.4 Å². The van der Waals surface area contributed by atoms with Gasteiger partial charge in [0.15, 0.2) is 5.65 Å². The molecule has 0 fully saturated rings. The van der Waals surface area contributed by atoms with E-state index in [1.54, 1.807) is 10.6 Å². The molecule has 4 rings (SSSR count). The molecule has 1 aromatic carbocycles. The number of ether oxygens (including phenoxy) is 1. The molecule has 0 saturated heterocycles. The number of nitrogens with one attached hydrogen (secondary N) is 1. The van der Waals surface area contributed by atoms with Gasteiger partial charge in [-0.2, -0.15) is 5.10 Å². The number of hydrogen-bond donors (Lipinski definition) is 1. The molecule has 0 spiro atoms. The highest BCUT2D eigenvalue weighted by atomic mass is 19.1. The van der Waals surface area contributed by atoms with Gasteiger partial charge in [-0.15, -0.1) is 0 Å². The summed E-state index contributed by atoms with van der Waals surface area (Å²) < 4.78 is 22.2. The number of azide groups is 1. The lowest BCUT2D eigenvalue weighted by Gasteiger charge is -2.23. The van der Waals surface area contributed by atoms with Crippen molar-refractivity contribution in [3.05, 3.63) is 63.5 Å². The largest absolute Gasteiger partial charge is 0.486 e. The quantitative estimate of drug-likeness (QED) is 0.374. The maximum Gasteiger partial charge on any atom is 0.157 e. The van der Waals surface area contributed by atoms with E-state index in [2.05, 4.69) is 25.4 Å². The number of nitrogens with zero attached hydrogens (tertiary/aromatic N) is 6. The minimum Gasteiger partial charge on any atom is -0.486 e. The van der Waals surface area contributed by atoms with Crippen molar-refractivity contribution in [3.63, 3.8) is 0 Å². The van der Waals surface area contributed by atoms with E-state index in [9.17, 15) is 4.39 Å². The molecule has 1 unspecified atom stereocenters. The first kappa shape index (κ1) is 19.0. The molecule has 8 nitrogen and oxygen atoms in total. The Hall–Kier alpha value is -3.32. The van der Waals surface area contributed by atoms with Crippen LogP contribution in [0.15, 0.2) is 35.6 Å². The topological polar surface area (TPSA) is 100 Å². The zero-order valence-corrected chi connectivity index (χ0v) is 16.6. The third-order valence-electron chi connectivity index (χ3n) is 5.17. The molecular formula is C20H22FN7O. The number of anilines is 1. The Labute approximate surface area is 167 Å². The van der Waals surface area contributed by atoms with Crippen LogP contribution >= 0.6 is 0 Å². The van der Waals surface area contributed by atoms with Crippen LogP contribution in [0.5, 0.6) is 5.75 Å². The van der Waals surface area contributed by atoms with Gasteiger partial charge in [-0.1, -0.05) is 18.1 Å². The highest BCUT2D eigenvalue weighted by Gasteiger charge is 2.38. The molecule has 9 heteroatoms. The highest BCUT2D eigenvalue weighted by molar-refractivity contribution is 5.52. The molecule has 1 aliphatic rings. The molecule has 2 aromatic heterocycles. The fourth-order valence-electron chi connectivity index (χ4n) is 3.66. The van der Waals surface area contributed by atoms with E-state index in [0.29, 0.717) is 23.6 Å². The van der Waals surface area contributed by atoms with Crippen LogP contribution in [0, 0.1) is 5.82 Å². The van der Waals surface area contributed by atoms with Crippen LogP contribution in [0.25, 0.3) is 16.1 Å². The van der Waals surface area contributed by atoms with Crippen molar-refractivity contribution in [2.24, 2.45) is 5.11 Å². The van der Waals surface area contributed by atoms with E-state index in [1.165, 1.54) is 6.07 Å². The average molecular weight is 395 g/mol. The monoisotopic (exact) mass is 395 g/mol. The molecule has 0 saturated carbocycles. The van der Waals surface area contributed by atoms with Crippen LogP contribution in [-0.4, -0.2) is 26.7 Å². The number of rotatable bonds is 6. The van der Waals surface area contributed by atoms with Crippen LogP contribution < -0.4 is 10.1 Å². The minimum absolute atomic E-state index is 0.137. The molecule has 150 valence electrons. The summed E-state index contributed by atoms with van der Waals surface area (Å²) in [6.45, 7) is 5.98. The molecule has 0 radical (unpaired) electrons. The molecule has 3 aromatic rings. The number of fused-ring (bicyclic) bond motifs is 2. The van der Waals surface area contributed by atoms with Gasteiger partial charge in [0.05, 0.1) is 18.3 Å². The van der Waals surface area contributed by atoms with E-state index >= 15 is 0 Å². The van der Waals surface area contributed by atoms with Crippen LogP contribution in [-0.2, 0) is 12.8 Å². The average Bonchev–Trinajstić information content (AvgIpc) is 3.27. The van der Waals surface area contributed by atoms with Gasteiger partial charge in [-0.25, -0.2) is 13.9 Å². The maximum absolute atomic E-state index is 14.4. The zero-order chi connectivity index (χ0) is 20.6. The van der Waals surface area contributed by atoms with Crippen molar-refractivity contribution in [3.8, 4) is 5.75 Å². The summed E-state index contributed by atoms with van der Waals surface area (Å²) >= 11 is 0. The Bertz CT molecular complexity index is 1120. The molecule has 0 aliphatic carbocycles. The number of halogens is 1. The third kappa shape index (κ3) is 3.56. The lowest BCUT2D eigenvalue weighted by atomic mass is 9.97. The molecular weight excluding hydrogens is 373 g/mol. The van der Waals surface area contributed by atoms with Gasteiger partial charge in [0.1, 0.15) is 23.0 Å². The van der Waals surface area contributed by atoms with Gasteiger partial charge < -0.3 is 10.1 Å². The lowest BCUT2D eigenvalue weighted by molar-refractivity contribution is 0.124. The Morgan fingerprint density at radius 3 is 3.03 bits per heavy atom. The molecule has 29 heavy (non-hydrogen) atoms. The van der Waals surface area contributed by atoms with E-state index in [4.69, 9.17) is 10.3 Å². The van der Waals surface area contributed by atoms with Gasteiger partial charge in [0.25, 0.3) is 0 Å². The molecule has 0 amide bonds. The lowest BCUT2D eigenvalue weighted by Crippen LogP contribution is -2.33. The molecule has 1 N–H and O–H groups in total. The first-order valence-electron chi connectivity index (χ1n) is 9.55. The Morgan fingerprint density at radius 1 is 1.45 bits per heavy atom. The smallest absolute Gasteiger partial charge is 0.157 e. The molecule has 1 aliphatic heterocycles. The van der Waals surface area contributed by atoms with Crippen LogP contribution in [0.1, 0.15) is 43.6 Å². The summed E-state index contributed by atoms with van der Waals surface area (Å²) in [6.07, 6.45) is 3.06. The summed E-state index contributed by atoms with van der Waals surface area (Å²) in [5.74, 6) is 0.895. The summed E-state index contributed by atoms with van der Waals surface area (Å²) in [6, 6.07) is 6.81. The first-order valence-corrected chi connectivity index (χ1v) is 9.55. The van der Waals surface area contributed by atoms with Gasteiger partial charge in [-0.05, 0) is 37.9 Å². The first-order chi connectivity index (χ1) is 13.9. The molecule has 2 atom stereocenters. The van der Waals surface area contributed by atoms with Crippen LogP contribution in [0.2, 0.25) is 0 Å². The van der Waals surface area contributed by atoms with Crippen molar-refractivity contribution in [2.45, 2.75) is 45.3 Å². The Kier molecular flexibility index (Phi) is 4.76. The van der Waals surface area contributed by atoms with E-state index in [0.717, 1.165) is 23.3 Å². The SMILES string of the molecule is CCc1cc2nc(N[C@H](C)c3ccc(F)c4c3OC(C)(CN=[N+]=[N-])C4)ccn2n1. The Balaban J connectivity index is 1.61. The van der Waals surface area contributed by atoms with Crippen molar-refractivity contribution in [1.29, 1.82) is 0 Å². The fourth-order valence-corrected chi connectivity index (χ4v) is 3.66. The number of aryl methyl sites for hydroxylation is 1. The van der Waals surface area contributed by atoms with Crippen molar-refractivity contribution in [2.75, 3.05) is 11.9 Å². The maximum atomic E-state index is 14.4. The minimum atomic E-state index is -0.753. The second-order valence-electron chi connectivity index (χ2n) is 7.53. The summed E-state index contributed by atoms with van der Waals surface area (Å²) in [7, 11) is 0. The zero-order valence-electron chi connectivity index (χ0n) is 16.6. The standard InChI is InChI=1S/C20H22FN7O/c1-4-13-9-18-25-17(7-8-28(18)26-13)24-12(2)14-5-6-16(21)15-10-20(3,11-23-27-22)29-19(14)15/h5-9,12H,4,10-11H2,1-3H3,(H,24,25)/t12-,20?/m1/s1. The van der Waals surface area contributed by atoms with Gasteiger partial charge >= 0.3 is 0 Å². The molecule has 3 heterocycles. The van der Waals surface area contributed by atoms with Gasteiger partial charge in [-0.3, -0.25) is 0 Å². The predicted octanol–water partition coefficient (Wildman–Crippen LogP) is 4.61. The number of hydrogen-bond acceptors (Lipinski definition) is 5. The van der Waals surface area contributed by atoms with E-state index in [1.807, 2.05) is 39.1 Å². The third-order valence-corrected chi connectivity index (χ3v) is 5.17. The number of aromatic nitrogens is 3. The summed E-state index contributed by atoms with van der Waals surface area (Å²) in [5.41, 5.74) is 10.9. The van der Waals surface area contributed by atoms with E-state index < -0.39 is 5.60 Å². The second-order valence-corrected chi connectivity index (χ2v) is 7.53. The van der Waals surface area contributed by atoms with Gasteiger partial charge in [0.2, 0.25) is 0 Å². The van der Waals surface area contributed by atoms with Crippen molar-refractivity contribution in [1.82, 2.24) is 14.6 Å². The van der Waals surface area contributed by atoms with Crippen molar-refractivity contribution < 1.29 is 9.13 Å². The predicted molar refractivity (Wildman–Crippen MR) is 108 cm³/mol. The highest BCUT2D eigenvalue weighted by Crippen LogP contribution is 2.42. The van der Waals surface area contributed by atoms with Crippen LogP contribution in [0.4, 0.5) is 10.2 Å². The van der Waals surface area contributed by atoms with Crippen LogP contribution in [0.3, 0.4) is 0 Å². The van der Waals surface area contributed by atoms with Crippen molar-refractivity contribution >= 4 is 11.5 Å². The number of benzene rings is 1. The second kappa shape index (κ2) is 7.25. The molecule has 0 bridgehead atoms. The normalized spacial score (nSPS) is 18.8. The Morgan fingerprint density at radius 2 is 2.28 bits per heavy atom. The van der Waals surface area contributed by atoms with Gasteiger partial charge in [0, 0.05) is 34.7 Å². The fraction of sp³-hybridized carbons (Fsp3) is 0.400.